The van der Waals surface area contributed by atoms with E-state index in [0.717, 1.165) is 6.42 Å². The molecule has 0 aliphatic carbocycles. The van der Waals surface area contributed by atoms with Gasteiger partial charge in [-0.2, -0.15) is 17.7 Å². The van der Waals surface area contributed by atoms with Gasteiger partial charge < -0.3 is 17.8 Å². The molecule has 1 unspecified atom stereocenters. The van der Waals surface area contributed by atoms with Crippen LogP contribution in [0, 0.1) is 0 Å². The Morgan fingerprint density at radius 3 is 1.71 bits per heavy atom. The zero-order chi connectivity index (χ0) is 19.0. The van der Waals surface area contributed by atoms with Crippen molar-refractivity contribution < 1.29 is 44.0 Å². The van der Waals surface area contributed by atoms with Gasteiger partial charge in [-0.15, -0.1) is 0 Å². The predicted molar refractivity (Wildman–Crippen MR) is 78.5 cm³/mol. The minimum atomic E-state index is -6.09. The van der Waals surface area contributed by atoms with Gasteiger partial charge in [0.1, 0.15) is 0 Å². The van der Waals surface area contributed by atoms with Gasteiger partial charge in [0.15, 0.2) is 22.5 Å². The van der Waals surface area contributed by atoms with Crippen LogP contribution in [0.4, 0.5) is 13.2 Å². The van der Waals surface area contributed by atoms with Gasteiger partial charge in [-0.25, -0.2) is 8.42 Å². The molecule has 1 heterocycles. The zero-order valence-electron chi connectivity index (χ0n) is 13.6. The van der Waals surface area contributed by atoms with Gasteiger partial charge in [0.2, 0.25) is 5.67 Å². The van der Waals surface area contributed by atoms with Crippen molar-refractivity contribution in [1.29, 1.82) is 0 Å². The SMILES string of the molecule is CCC([n+]1ccccc1)[Si](OC)(OC)OC.O=S(=O)([O-])C(F)(F)F. The van der Waals surface area contributed by atoms with Crippen LogP contribution in [0.3, 0.4) is 0 Å². The fourth-order valence-electron chi connectivity index (χ4n) is 1.92. The molecule has 1 aromatic rings. The van der Waals surface area contributed by atoms with E-state index in [1.165, 1.54) is 0 Å². The Morgan fingerprint density at radius 2 is 1.46 bits per heavy atom. The maximum Gasteiger partial charge on any atom is 0.572 e. The molecule has 0 aliphatic heterocycles. The number of nitrogens with zero attached hydrogens (tertiary/aromatic N) is 1. The van der Waals surface area contributed by atoms with Crippen molar-refractivity contribution in [3.05, 3.63) is 30.6 Å². The number of alkyl halides is 3. The Bertz CT molecular complexity index is 572. The average molecular weight is 391 g/mol. The molecule has 0 N–H and O–H groups in total. The Labute approximate surface area is 140 Å². The highest BCUT2D eigenvalue weighted by molar-refractivity contribution is 7.86. The van der Waals surface area contributed by atoms with Crippen molar-refractivity contribution in [3.8, 4) is 0 Å². The van der Waals surface area contributed by atoms with E-state index in [0.29, 0.717) is 0 Å². The summed E-state index contributed by atoms with van der Waals surface area (Å²) in [5.74, 6) is 0. The summed E-state index contributed by atoms with van der Waals surface area (Å²) in [7, 11) is -3.78. The smallest absolute Gasteiger partial charge is 0.572 e. The van der Waals surface area contributed by atoms with E-state index in [4.69, 9.17) is 26.2 Å². The van der Waals surface area contributed by atoms with E-state index in [1.807, 2.05) is 30.6 Å². The lowest BCUT2D eigenvalue weighted by molar-refractivity contribution is -0.710. The third-order valence-corrected chi connectivity index (χ3v) is 6.83. The Hall–Kier alpha value is -1.05. The summed E-state index contributed by atoms with van der Waals surface area (Å²) < 4.78 is 77.5. The summed E-state index contributed by atoms with van der Waals surface area (Å²) in [6.07, 6.45) is 4.91. The Morgan fingerprint density at radius 1 is 1.08 bits per heavy atom. The summed E-state index contributed by atoms with van der Waals surface area (Å²) in [6.45, 7) is 2.10. The number of aromatic nitrogens is 1. The van der Waals surface area contributed by atoms with Crippen LogP contribution in [-0.2, 0) is 23.4 Å². The summed E-state index contributed by atoms with van der Waals surface area (Å²) in [6, 6.07) is 5.96. The van der Waals surface area contributed by atoms with Gasteiger partial charge in [-0.05, 0) is 0 Å². The van der Waals surface area contributed by atoms with Crippen LogP contribution in [-0.4, -0.2) is 48.6 Å². The lowest BCUT2D eigenvalue weighted by Gasteiger charge is -2.27. The number of hydrogen-bond donors (Lipinski definition) is 0. The second-order valence-electron chi connectivity index (χ2n) is 4.36. The van der Waals surface area contributed by atoms with Crippen LogP contribution in [0.15, 0.2) is 30.6 Å². The zero-order valence-corrected chi connectivity index (χ0v) is 15.4. The minimum absolute atomic E-state index is 0.105. The molecule has 140 valence electrons. The highest BCUT2D eigenvalue weighted by Crippen LogP contribution is 2.21. The number of hydrogen-bond acceptors (Lipinski definition) is 6. The monoisotopic (exact) mass is 391 g/mol. The molecule has 1 aromatic heterocycles. The fraction of sp³-hybridized carbons (Fsp3) is 0.583. The lowest BCUT2D eigenvalue weighted by atomic mass is 10.4. The van der Waals surface area contributed by atoms with Crippen molar-refractivity contribution >= 4 is 18.9 Å². The molecule has 7 nitrogen and oxygen atoms in total. The maximum atomic E-state index is 10.7. The first-order valence-electron chi connectivity index (χ1n) is 6.62. The molecule has 0 fully saturated rings. The molecule has 0 saturated carbocycles. The van der Waals surface area contributed by atoms with Crippen LogP contribution in [0.1, 0.15) is 19.0 Å². The number of pyridine rings is 1. The highest BCUT2D eigenvalue weighted by atomic mass is 32.2. The van der Waals surface area contributed by atoms with Crippen LogP contribution >= 0.6 is 0 Å². The molecule has 0 spiro atoms. The van der Waals surface area contributed by atoms with Gasteiger partial charge in [-0.1, -0.05) is 13.0 Å². The Balaban J connectivity index is 0.000000561. The van der Waals surface area contributed by atoms with Gasteiger partial charge in [0, 0.05) is 39.9 Å². The second-order valence-corrected chi connectivity index (χ2v) is 8.83. The normalized spacial score (nSPS) is 13.8. The van der Waals surface area contributed by atoms with E-state index in [2.05, 4.69) is 11.5 Å². The minimum Gasteiger partial charge on any atom is -0.741 e. The highest BCUT2D eigenvalue weighted by Gasteiger charge is 2.53. The van der Waals surface area contributed by atoms with Crippen molar-refractivity contribution in [2.75, 3.05) is 21.3 Å². The second kappa shape index (κ2) is 9.44. The van der Waals surface area contributed by atoms with Crippen LogP contribution in [0.2, 0.25) is 0 Å². The van der Waals surface area contributed by atoms with E-state index in [-0.39, 0.29) is 5.67 Å². The van der Waals surface area contributed by atoms with Gasteiger partial charge in [0.05, 0.1) is 0 Å². The molecule has 0 saturated heterocycles. The van der Waals surface area contributed by atoms with Crippen molar-refractivity contribution in [1.82, 2.24) is 0 Å². The third kappa shape index (κ3) is 6.11. The predicted octanol–water partition coefficient (Wildman–Crippen LogP) is 1.39. The fourth-order valence-corrected chi connectivity index (χ4v) is 4.27. The van der Waals surface area contributed by atoms with Gasteiger partial charge in [0.25, 0.3) is 0 Å². The standard InChI is InChI=1S/C11H20NO3Si.CHF3O3S/c1-5-11(12-9-7-6-8-10-12)16(13-2,14-3)15-4;2-1(3,4)8(5,6)7/h6-11H,5H2,1-4H3;(H,5,6,7)/q+1;/p-1. The average Bonchev–Trinajstić information content (AvgIpc) is 2.52. The largest absolute Gasteiger partial charge is 0.741 e. The molecule has 12 heteroatoms. The summed E-state index contributed by atoms with van der Waals surface area (Å²) >= 11 is 0. The Kier molecular flexibility index (Phi) is 9.02. The molecule has 1 rings (SSSR count). The maximum absolute atomic E-state index is 10.7. The van der Waals surface area contributed by atoms with Crippen molar-refractivity contribution in [2.45, 2.75) is 24.5 Å². The first-order valence-corrected chi connectivity index (χ1v) is 9.83. The third-order valence-electron chi connectivity index (χ3n) is 3.03. The van der Waals surface area contributed by atoms with E-state index >= 15 is 0 Å². The summed E-state index contributed by atoms with van der Waals surface area (Å²) in [5, 5.41) is 0. The number of halogens is 3. The first-order chi connectivity index (χ1) is 11.0. The molecule has 0 aromatic carbocycles. The first kappa shape index (κ1) is 22.9. The van der Waals surface area contributed by atoms with E-state index < -0.39 is 24.4 Å². The molecule has 0 amide bonds. The van der Waals surface area contributed by atoms with Crippen LogP contribution in [0.5, 0.6) is 0 Å². The molecule has 1 atom stereocenters. The topological polar surface area (TPSA) is 88.8 Å². The molecular weight excluding hydrogens is 371 g/mol. The molecule has 0 bridgehead atoms. The molecule has 0 aliphatic rings. The van der Waals surface area contributed by atoms with Crippen molar-refractivity contribution in [3.63, 3.8) is 0 Å². The van der Waals surface area contributed by atoms with Gasteiger partial charge in [-0.3, -0.25) is 0 Å². The van der Waals surface area contributed by atoms with E-state index in [9.17, 15) is 13.2 Å². The van der Waals surface area contributed by atoms with E-state index in [1.54, 1.807) is 21.3 Å². The van der Waals surface area contributed by atoms with Gasteiger partial charge >= 0.3 is 14.3 Å². The quantitative estimate of drug-likeness (QED) is 0.315. The van der Waals surface area contributed by atoms with Crippen LogP contribution < -0.4 is 4.57 Å². The van der Waals surface area contributed by atoms with Crippen LogP contribution in [0.25, 0.3) is 0 Å². The summed E-state index contributed by atoms with van der Waals surface area (Å²) in [5.41, 5.74) is -5.54. The molecule has 24 heavy (non-hydrogen) atoms. The number of rotatable bonds is 6. The summed E-state index contributed by atoms with van der Waals surface area (Å²) in [4.78, 5) is 0. The van der Waals surface area contributed by atoms with Crippen molar-refractivity contribution in [2.24, 2.45) is 0 Å². The lowest BCUT2D eigenvalue weighted by Crippen LogP contribution is -2.60. The molecular formula is C12H20F3NO6SSi. The molecule has 0 radical (unpaired) electrons.